The molecule has 0 aliphatic heterocycles. The fraction of sp³-hybridized carbons (Fsp3) is 0.400. The molecular weight excluding hydrogens is 210 g/mol. The maximum absolute atomic E-state index is 11.8. The first kappa shape index (κ1) is 10.2. The highest BCUT2D eigenvalue weighted by molar-refractivity contribution is 7.18. The highest BCUT2D eigenvalue weighted by atomic mass is 32.1. The predicted molar refractivity (Wildman–Crippen MR) is 62.8 cm³/mol. The summed E-state index contributed by atoms with van der Waals surface area (Å²) in [5.41, 5.74) is -0.146. The van der Waals surface area contributed by atoms with Gasteiger partial charge in [0.1, 0.15) is 10.7 Å². The van der Waals surface area contributed by atoms with Crippen LogP contribution < -0.4 is 11.4 Å². The van der Waals surface area contributed by atoms with Gasteiger partial charge in [-0.15, -0.1) is 11.3 Å². The molecule has 0 saturated carbocycles. The summed E-state index contributed by atoms with van der Waals surface area (Å²) in [7, 11) is 0. The Bertz CT molecular complexity index is 556. The third-order valence-electron chi connectivity index (χ3n) is 2.39. The van der Waals surface area contributed by atoms with Crippen molar-refractivity contribution in [1.29, 1.82) is 0 Å². The molecule has 0 amide bonds. The second-order valence-electron chi connectivity index (χ2n) is 3.34. The van der Waals surface area contributed by atoms with Gasteiger partial charge in [-0.1, -0.05) is 13.8 Å². The summed E-state index contributed by atoms with van der Waals surface area (Å²) in [6.07, 6.45) is 1.59. The number of nitrogen functional groups attached to an aromatic ring is 1. The second-order valence-corrected chi connectivity index (χ2v) is 4.46. The van der Waals surface area contributed by atoms with Crippen molar-refractivity contribution >= 4 is 21.6 Å². The van der Waals surface area contributed by atoms with Crippen molar-refractivity contribution in [3.8, 4) is 0 Å². The maximum Gasteiger partial charge on any atom is 0.280 e. The van der Waals surface area contributed by atoms with Crippen LogP contribution >= 0.6 is 11.3 Å². The summed E-state index contributed by atoms with van der Waals surface area (Å²) in [5, 5.41) is 0.636. The molecule has 0 spiro atoms. The van der Waals surface area contributed by atoms with Crippen LogP contribution in [0.2, 0.25) is 0 Å². The standard InChI is InChI=1S/C10H13N3OS/c1-3-6-5-7-9(15-6)12-8(4-2)13(11)10(7)14/h5H,3-4,11H2,1-2H3. The lowest BCUT2D eigenvalue weighted by Gasteiger charge is -2.03. The van der Waals surface area contributed by atoms with Crippen LogP contribution in [0.4, 0.5) is 0 Å². The molecule has 2 aromatic rings. The molecule has 0 atom stereocenters. The molecule has 0 aliphatic carbocycles. The van der Waals surface area contributed by atoms with Gasteiger partial charge in [-0.3, -0.25) is 4.79 Å². The van der Waals surface area contributed by atoms with Crippen molar-refractivity contribution in [2.45, 2.75) is 26.7 Å². The van der Waals surface area contributed by atoms with E-state index in [1.165, 1.54) is 4.88 Å². The van der Waals surface area contributed by atoms with Crippen LogP contribution in [0.15, 0.2) is 10.9 Å². The van der Waals surface area contributed by atoms with E-state index in [1.54, 1.807) is 11.3 Å². The van der Waals surface area contributed by atoms with Gasteiger partial charge < -0.3 is 5.84 Å². The van der Waals surface area contributed by atoms with Crippen molar-refractivity contribution in [2.24, 2.45) is 0 Å². The quantitative estimate of drug-likeness (QED) is 0.780. The first-order valence-corrected chi connectivity index (χ1v) is 5.78. The minimum atomic E-state index is -0.146. The fourth-order valence-electron chi connectivity index (χ4n) is 1.51. The molecule has 80 valence electrons. The summed E-state index contributed by atoms with van der Waals surface area (Å²) < 4.78 is 1.15. The Morgan fingerprint density at radius 3 is 2.80 bits per heavy atom. The Morgan fingerprint density at radius 1 is 1.47 bits per heavy atom. The van der Waals surface area contributed by atoms with Gasteiger partial charge >= 0.3 is 0 Å². The van der Waals surface area contributed by atoms with E-state index in [9.17, 15) is 4.79 Å². The minimum absolute atomic E-state index is 0.146. The van der Waals surface area contributed by atoms with Gasteiger partial charge in [0.2, 0.25) is 0 Å². The lowest BCUT2D eigenvalue weighted by Crippen LogP contribution is -2.30. The molecule has 2 N–H and O–H groups in total. The summed E-state index contributed by atoms with van der Waals surface area (Å²) >= 11 is 1.57. The largest absolute Gasteiger partial charge is 0.335 e. The molecule has 0 unspecified atom stereocenters. The zero-order valence-electron chi connectivity index (χ0n) is 8.78. The number of hydrogen-bond acceptors (Lipinski definition) is 4. The van der Waals surface area contributed by atoms with E-state index in [0.717, 1.165) is 15.9 Å². The number of thiophene rings is 1. The van der Waals surface area contributed by atoms with Crippen molar-refractivity contribution < 1.29 is 0 Å². The van der Waals surface area contributed by atoms with E-state index in [0.29, 0.717) is 17.6 Å². The summed E-state index contributed by atoms with van der Waals surface area (Å²) in [6, 6.07) is 1.89. The van der Waals surface area contributed by atoms with Crippen molar-refractivity contribution in [2.75, 3.05) is 5.84 Å². The molecule has 2 aromatic heterocycles. The molecule has 0 aliphatic rings. The molecule has 0 fully saturated rings. The van der Waals surface area contributed by atoms with E-state index >= 15 is 0 Å². The van der Waals surface area contributed by atoms with Crippen LogP contribution in [0, 0.1) is 0 Å². The Balaban J connectivity index is 2.81. The van der Waals surface area contributed by atoms with Gasteiger partial charge in [0.05, 0.1) is 5.39 Å². The Labute approximate surface area is 91.3 Å². The molecule has 2 rings (SSSR count). The normalized spacial score (nSPS) is 11.1. The van der Waals surface area contributed by atoms with Gasteiger partial charge in [0.15, 0.2) is 0 Å². The number of fused-ring (bicyclic) bond motifs is 1. The number of rotatable bonds is 2. The number of aryl methyl sites for hydroxylation is 2. The van der Waals surface area contributed by atoms with Crippen molar-refractivity contribution in [3.05, 3.63) is 27.1 Å². The van der Waals surface area contributed by atoms with Gasteiger partial charge in [-0.25, -0.2) is 9.66 Å². The third-order valence-corrected chi connectivity index (χ3v) is 3.56. The molecule has 15 heavy (non-hydrogen) atoms. The lowest BCUT2D eigenvalue weighted by molar-refractivity contribution is 0.802. The van der Waals surface area contributed by atoms with Crippen LogP contribution in [0.5, 0.6) is 0 Å². The average molecular weight is 223 g/mol. The molecular formula is C10H13N3OS. The monoisotopic (exact) mass is 223 g/mol. The minimum Gasteiger partial charge on any atom is -0.335 e. The van der Waals surface area contributed by atoms with E-state index in [-0.39, 0.29) is 5.56 Å². The number of aromatic nitrogens is 2. The highest BCUT2D eigenvalue weighted by Gasteiger charge is 2.10. The van der Waals surface area contributed by atoms with Crippen LogP contribution in [0.25, 0.3) is 10.2 Å². The second kappa shape index (κ2) is 3.66. The molecule has 0 aromatic carbocycles. The van der Waals surface area contributed by atoms with Crippen molar-refractivity contribution in [1.82, 2.24) is 9.66 Å². The molecule has 4 nitrogen and oxygen atoms in total. The first-order chi connectivity index (χ1) is 7.17. The molecule has 0 radical (unpaired) electrons. The first-order valence-electron chi connectivity index (χ1n) is 4.96. The van der Waals surface area contributed by atoms with E-state index in [4.69, 9.17) is 5.84 Å². The van der Waals surface area contributed by atoms with Gasteiger partial charge in [0.25, 0.3) is 5.56 Å². The van der Waals surface area contributed by atoms with E-state index in [1.807, 2.05) is 13.0 Å². The Morgan fingerprint density at radius 2 is 2.20 bits per heavy atom. The topological polar surface area (TPSA) is 60.9 Å². The van der Waals surface area contributed by atoms with Crippen molar-refractivity contribution in [3.63, 3.8) is 0 Å². The Kier molecular flexibility index (Phi) is 2.48. The van der Waals surface area contributed by atoms with Gasteiger partial charge in [-0.2, -0.15) is 0 Å². The number of nitrogens with two attached hydrogens (primary N) is 1. The van der Waals surface area contributed by atoms with E-state index < -0.39 is 0 Å². The van der Waals surface area contributed by atoms with Gasteiger partial charge in [-0.05, 0) is 12.5 Å². The summed E-state index contributed by atoms with van der Waals surface area (Å²) in [6.45, 7) is 4.00. The summed E-state index contributed by atoms with van der Waals surface area (Å²) in [4.78, 5) is 18.2. The average Bonchev–Trinajstić information content (AvgIpc) is 2.66. The van der Waals surface area contributed by atoms with Crippen LogP contribution in [-0.2, 0) is 12.8 Å². The molecule has 2 heterocycles. The summed E-state index contributed by atoms with van der Waals surface area (Å²) in [5.74, 6) is 6.29. The zero-order chi connectivity index (χ0) is 11.0. The van der Waals surface area contributed by atoms with Crippen LogP contribution in [0.1, 0.15) is 24.5 Å². The maximum atomic E-state index is 11.8. The van der Waals surface area contributed by atoms with Gasteiger partial charge in [0, 0.05) is 11.3 Å². The van der Waals surface area contributed by atoms with Crippen LogP contribution in [-0.4, -0.2) is 9.66 Å². The predicted octanol–water partition coefficient (Wildman–Crippen LogP) is 1.30. The number of hydrogen-bond donors (Lipinski definition) is 1. The molecule has 0 saturated heterocycles. The molecule has 0 bridgehead atoms. The fourth-order valence-corrected chi connectivity index (χ4v) is 2.49. The molecule has 5 heteroatoms. The third kappa shape index (κ3) is 1.52. The highest BCUT2D eigenvalue weighted by Crippen LogP contribution is 2.21. The Hall–Kier alpha value is -1.36. The zero-order valence-corrected chi connectivity index (χ0v) is 9.60. The van der Waals surface area contributed by atoms with E-state index in [2.05, 4.69) is 11.9 Å². The SMILES string of the molecule is CCc1cc2c(=O)n(N)c(CC)nc2s1. The smallest absolute Gasteiger partial charge is 0.280 e. The van der Waals surface area contributed by atoms with Crippen LogP contribution in [0.3, 0.4) is 0 Å². The number of nitrogens with zero attached hydrogens (tertiary/aromatic N) is 2. The lowest BCUT2D eigenvalue weighted by atomic mass is 10.3.